The smallest absolute Gasteiger partial charge is 0.407 e. The van der Waals surface area contributed by atoms with Crippen molar-refractivity contribution in [2.45, 2.75) is 215 Å². The third-order valence-corrected chi connectivity index (χ3v) is 17.9. The Labute approximate surface area is 542 Å². The Bertz CT molecular complexity index is 2450. The molecule has 16 nitrogen and oxygen atoms in total. The summed E-state index contributed by atoms with van der Waals surface area (Å²) < 4.78 is 60.2. The lowest BCUT2D eigenvalue weighted by Crippen LogP contribution is -2.47. The van der Waals surface area contributed by atoms with E-state index in [0.717, 1.165) is 82.1 Å². The summed E-state index contributed by atoms with van der Waals surface area (Å²) in [6.45, 7) is 41.6. The van der Waals surface area contributed by atoms with Crippen molar-refractivity contribution in [2.75, 3.05) is 79.2 Å². The molecule has 16 heteroatoms. The first-order valence-corrected chi connectivity index (χ1v) is 33.6. The average molecular weight is 1260 g/mol. The normalized spacial score (nSPS) is 20.1. The van der Waals surface area contributed by atoms with E-state index in [1.807, 2.05) is 88.4 Å². The van der Waals surface area contributed by atoms with E-state index in [-0.39, 0.29) is 45.8 Å². The molecule has 2 aromatic carbocycles. The van der Waals surface area contributed by atoms with Gasteiger partial charge < -0.3 is 58.0 Å². The number of rotatable bonds is 46. The van der Waals surface area contributed by atoms with Crippen molar-refractivity contribution >= 4 is 24.1 Å². The molecule has 5 atom stereocenters. The fourth-order valence-electron chi connectivity index (χ4n) is 12.9. The molecular weight excluding hydrogens is 1140 g/mol. The van der Waals surface area contributed by atoms with E-state index in [0.29, 0.717) is 121 Å². The first-order chi connectivity index (χ1) is 42.6. The van der Waals surface area contributed by atoms with Gasteiger partial charge in [0.15, 0.2) is 0 Å². The number of carbonyl (C=O) groups is 4. The number of nitrogens with one attached hydrogen (secondary N) is 2. The van der Waals surface area contributed by atoms with Crippen LogP contribution in [0.2, 0.25) is 0 Å². The van der Waals surface area contributed by atoms with E-state index in [4.69, 9.17) is 47.4 Å². The van der Waals surface area contributed by atoms with Gasteiger partial charge in [0.2, 0.25) is 0 Å². The van der Waals surface area contributed by atoms with Crippen LogP contribution >= 0.6 is 0 Å². The van der Waals surface area contributed by atoms with Crippen molar-refractivity contribution in [3.8, 4) is 11.5 Å². The second kappa shape index (κ2) is 38.6. The van der Waals surface area contributed by atoms with E-state index < -0.39 is 23.4 Å². The molecule has 0 spiro atoms. The molecule has 5 unspecified atom stereocenters. The van der Waals surface area contributed by atoms with Crippen LogP contribution in [-0.4, -0.2) is 126 Å². The average Bonchev–Trinajstić information content (AvgIpc) is 0.781. The van der Waals surface area contributed by atoms with E-state index in [1.54, 1.807) is 13.8 Å². The standard InChI is InChI=1S/C74H118N2O14/c1-16-58-47-73(14,54-69(6,7)87-45-31-29-41-81-50-60(52-85-62-33-21-17-22-34-62)71(10,11)89-67(79)75-39-25-19-27-43-83-65(77)56(2)3)38-37-64(58)59-48-74(15,49-59)55-70(8,9)88-46-32-30-42-82-51-61(53-86-63-35-23-18-24-36-63)72(12,13)90-68(80)76-40-26-20-28-44-84-66(78)57(4)5/h16-18,21-24,33-36,58-61,64H,1-2,4,19-20,25-32,37-55H2,3,5-15H3,(H,75,79)(H,76,80). The number of alkyl carbamates (subject to hydrolysis) is 2. The Hall–Kier alpha value is -5.42. The highest BCUT2D eigenvalue weighted by Crippen LogP contribution is 2.59. The largest absolute Gasteiger partial charge is 0.493 e. The summed E-state index contributed by atoms with van der Waals surface area (Å²) in [6.07, 6.45) is 17.1. The molecule has 4 rings (SSSR count). The van der Waals surface area contributed by atoms with Gasteiger partial charge in [-0.15, -0.1) is 6.58 Å². The summed E-state index contributed by atoms with van der Waals surface area (Å²) >= 11 is 0. The Morgan fingerprint density at radius 1 is 0.544 bits per heavy atom. The van der Waals surface area contributed by atoms with Crippen molar-refractivity contribution in [3.05, 3.63) is 97.6 Å². The van der Waals surface area contributed by atoms with Crippen LogP contribution < -0.4 is 20.1 Å². The monoisotopic (exact) mass is 1260 g/mol. The maximum absolute atomic E-state index is 12.9. The highest BCUT2D eigenvalue weighted by atomic mass is 16.6. The molecule has 2 saturated carbocycles. The maximum Gasteiger partial charge on any atom is 0.407 e. The first kappa shape index (κ1) is 77.0. The first-order valence-electron chi connectivity index (χ1n) is 33.6. The van der Waals surface area contributed by atoms with Crippen LogP contribution in [0.25, 0.3) is 0 Å². The third-order valence-electron chi connectivity index (χ3n) is 17.9. The van der Waals surface area contributed by atoms with E-state index in [9.17, 15) is 19.2 Å². The molecule has 2 aliphatic rings. The van der Waals surface area contributed by atoms with Gasteiger partial charge in [0, 0.05) is 50.7 Å². The lowest BCUT2D eigenvalue weighted by Gasteiger charge is -2.55. The molecule has 0 aromatic heterocycles. The molecule has 2 N–H and O–H groups in total. The van der Waals surface area contributed by atoms with Crippen molar-refractivity contribution in [3.63, 3.8) is 0 Å². The highest BCUT2D eigenvalue weighted by Gasteiger charge is 2.50. The number of para-hydroxylation sites is 2. The lowest BCUT2D eigenvalue weighted by molar-refractivity contribution is -0.139. The molecule has 2 aliphatic carbocycles. The fourth-order valence-corrected chi connectivity index (χ4v) is 12.9. The number of ether oxygens (including phenoxy) is 10. The van der Waals surface area contributed by atoms with Gasteiger partial charge >= 0.3 is 24.1 Å². The predicted molar refractivity (Wildman–Crippen MR) is 357 cm³/mol. The maximum atomic E-state index is 12.9. The molecule has 2 aromatic rings. The molecule has 0 heterocycles. The van der Waals surface area contributed by atoms with Crippen LogP contribution in [0.15, 0.2) is 97.6 Å². The third kappa shape index (κ3) is 29.9. The summed E-state index contributed by atoms with van der Waals surface area (Å²) in [5.74, 6) is 2.07. The highest BCUT2D eigenvalue weighted by molar-refractivity contribution is 5.87. The minimum absolute atomic E-state index is 0.164. The number of esters is 2. The molecule has 90 heavy (non-hydrogen) atoms. The van der Waals surface area contributed by atoms with Gasteiger partial charge in [-0.3, -0.25) is 0 Å². The number of carbonyl (C=O) groups excluding carboxylic acids is 4. The summed E-state index contributed by atoms with van der Waals surface area (Å²) in [4.78, 5) is 49.1. The van der Waals surface area contributed by atoms with Gasteiger partial charge in [-0.1, -0.05) is 69.5 Å². The number of amides is 2. The quantitative estimate of drug-likeness (QED) is 0.0210. The fraction of sp³-hybridized carbons (Fsp3) is 0.703. The van der Waals surface area contributed by atoms with E-state index in [1.165, 1.54) is 25.7 Å². The lowest BCUT2D eigenvalue weighted by atomic mass is 9.51. The zero-order chi connectivity index (χ0) is 66.3. The van der Waals surface area contributed by atoms with Crippen molar-refractivity contribution < 1.29 is 66.5 Å². The van der Waals surface area contributed by atoms with Crippen LogP contribution in [0.3, 0.4) is 0 Å². The second-order valence-electron chi connectivity index (χ2n) is 28.7. The van der Waals surface area contributed by atoms with Gasteiger partial charge in [0.05, 0.1) is 62.7 Å². The second-order valence-corrected chi connectivity index (χ2v) is 28.7. The molecule has 0 aliphatic heterocycles. The predicted octanol–water partition coefficient (Wildman–Crippen LogP) is 16.0. The molecule has 2 amide bonds. The molecular formula is C74H118N2O14. The van der Waals surface area contributed by atoms with Gasteiger partial charge in [-0.25, -0.2) is 19.2 Å². The van der Waals surface area contributed by atoms with Crippen LogP contribution in [-0.2, 0) is 47.5 Å². The van der Waals surface area contributed by atoms with Crippen LogP contribution in [0, 0.1) is 40.4 Å². The molecule has 0 saturated heterocycles. The zero-order valence-corrected chi connectivity index (χ0v) is 57.6. The number of unbranched alkanes of at least 4 members (excludes halogenated alkanes) is 6. The van der Waals surface area contributed by atoms with Crippen LogP contribution in [0.4, 0.5) is 9.59 Å². The summed E-state index contributed by atoms with van der Waals surface area (Å²) in [7, 11) is 0. The summed E-state index contributed by atoms with van der Waals surface area (Å²) in [6, 6.07) is 19.2. The SMILES string of the molecule is C=CC1CC(C)(CC(C)(C)OCCCCOCC(COc2ccccc2)C(C)(C)OC(=O)NCCCCCOC(=O)C(=C)C)CCC1C1CC(C)(CC(C)(C)OCCCCOCC(COc2ccccc2)C(C)(C)OC(=O)NCCCCCOC(=O)C(=C)C)C1. The molecule has 508 valence electrons. The topological polar surface area (TPSA) is 185 Å². The van der Waals surface area contributed by atoms with Gasteiger partial charge in [-0.2, -0.15) is 0 Å². The van der Waals surface area contributed by atoms with Gasteiger partial charge in [0.25, 0.3) is 0 Å². The number of hydrogen-bond acceptors (Lipinski definition) is 14. The van der Waals surface area contributed by atoms with Crippen molar-refractivity contribution in [1.82, 2.24) is 10.6 Å². The van der Waals surface area contributed by atoms with Crippen molar-refractivity contribution in [1.29, 1.82) is 0 Å². The summed E-state index contributed by atoms with van der Waals surface area (Å²) in [5.41, 5.74) is -1.10. The number of allylic oxidation sites excluding steroid dienone is 1. The van der Waals surface area contributed by atoms with Crippen LogP contribution in [0.5, 0.6) is 11.5 Å². The molecule has 0 radical (unpaired) electrons. The number of benzene rings is 2. The van der Waals surface area contributed by atoms with Gasteiger partial charge in [-0.05, 0) is 231 Å². The summed E-state index contributed by atoms with van der Waals surface area (Å²) in [5, 5.41) is 5.73. The van der Waals surface area contributed by atoms with E-state index in [2.05, 4.69) is 78.0 Å². The van der Waals surface area contributed by atoms with E-state index >= 15 is 0 Å². The minimum Gasteiger partial charge on any atom is -0.493 e. The zero-order valence-electron chi connectivity index (χ0n) is 57.6. The Kier molecular flexibility index (Phi) is 33.0. The van der Waals surface area contributed by atoms with Gasteiger partial charge in [0.1, 0.15) is 22.7 Å². The Morgan fingerprint density at radius 2 is 0.944 bits per heavy atom. The molecule has 2 fully saturated rings. The van der Waals surface area contributed by atoms with Crippen LogP contribution in [0.1, 0.15) is 192 Å². The Balaban J connectivity index is 1.12. The molecule has 0 bridgehead atoms. The Morgan fingerprint density at radius 3 is 1.36 bits per heavy atom. The minimum atomic E-state index is -0.875. The van der Waals surface area contributed by atoms with Crippen molar-refractivity contribution in [2.24, 2.45) is 40.4 Å². The number of hydrogen-bond donors (Lipinski definition) is 2.